The summed E-state index contributed by atoms with van der Waals surface area (Å²) in [6.45, 7) is 11.7. The molecule has 4 nitrogen and oxygen atoms in total. The van der Waals surface area contributed by atoms with Crippen molar-refractivity contribution in [2.45, 2.75) is 52.6 Å². The van der Waals surface area contributed by atoms with Crippen LogP contribution >= 0.6 is 0 Å². The van der Waals surface area contributed by atoms with Crippen LogP contribution in [0.2, 0.25) is 0 Å². The van der Waals surface area contributed by atoms with Gasteiger partial charge in [0.15, 0.2) is 0 Å². The van der Waals surface area contributed by atoms with Gasteiger partial charge in [-0.15, -0.1) is 0 Å². The summed E-state index contributed by atoms with van der Waals surface area (Å²) in [5, 5.41) is 12.3. The second kappa shape index (κ2) is 7.10. The van der Waals surface area contributed by atoms with E-state index in [0.717, 1.165) is 31.5 Å². The van der Waals surface area contributed by atoms with Crippen molar-refractivity contribution in [2.75, 3.05) is 19.6 Å². The van der Waals surface area contributed by atoms with Gasteiger partial charge in [0.05, 0.1) is 0 Å². The number of carbonyl (C=O) groups is 1. The van der Waals surface area contributed by atoms with E-state index < -0.39 is 12.0 Å². The number of hydrogen-bond acceptors (Lipinski definition) is 3. The average molecular weight is 256 g/mol. The predicted molar refractivity (Wildman–Crippen MR) is 73.7 cm³/mol. The fourth-order valence-corrected chi connectivity index (χ4v) is 2.54. The highest BCUT2D eigenvalue weighted by Gasteiger charge is 2.24. The fourth-order valence-electron chi connectivity index (χ4n) is 2.54. The maximum absolute atomic E-state index is 11.1. The summed E-state index contributed by atoms with van der Waals surface area (Å²) in [5.74, 6) is 0.785. The first kappa shape index (κ1) is 15.4. The molecule has 0 aliphatic carbocycles. The first-order valence-corrected chi connectivity index (χ1v) is 7.11. The summed E-state index contributed by atoms with van der Waals surface area (Å²) in [4.78, 5) is 13.5. The molecule has 4 heteroatoms. The van der Waals surface area contributed by atoms with E-state index in [1.165, 1.54) is 6.42 Å². The molecule has 106 valence electrons. The van der Waals surface area contributed by atoms with Gasteiger partial charge in [-0.1, -0.05) is 27.7 Å². The van der Waals surface area contributed by atoms with E-state index in [1.807, 2.05) is 13.8 Å². The molecule has 1 saturated heterocycles. The Bertz CT molecular complexity index is 269. The zero-order chi connectivity index (χ0) is 13.7. The standard InChI is InChI=1S/C14H28N2O2/c1-10(2)15-13(14(17)18)6-8-16-7-5-11(3)12(4)9-16/h10-13,15H,5-9H2,1-4H3,(H,17,18). The molecule has 3 unspecified atom stereocenters. The van der Waals surface area contributed by atoms with Crippen molar-refractivity contribution in [1.82, 2.24) is 10.2 Å². The SMILES string of the molecule is CC(C)NC(CCN1CCC(C)C(C)C1)C(=O)O. The van der Waals surface area contributed by atoms with Crippen molar-refractivity contribution in [2.24, 2.45) is 11.8 Å². The molecular weight excluding hydrogens is 228 g/mol. The Morgan fingerprint density at radius 3 is 2.56 bits per heavy atom. The molecule has 0 aromatic carbocycles. The van der Waals surface area contributed by atoms with E-state index in [0.29, 0.717) is 6.42 Å². The highest BCUT2D eigenvalue weighted by atomic mass is 16.4. The van der Waals surface area contributed by atoms with E-state index >= 15 is 0 Å². The van der Waals surface area contributed by atoms with Crippen LogP contribution in [0.1, 0.15) is 40.5 Å². The summed E-state index contributed by atoms with van der Waals surface area (Å²) in [5.41, 5.74) is 0. The molecular formula is C14H28N2O2. The van der Waals surface area contributed by atoms with Crippen molar-refractivity contribution >= 4 is 5.97 Å². The van der Waals surface area contributed by atoms with Crippen LogP contribution in [-0.2, 0) is 4.79 Å². The molecule has 3 atom stereocenters. The number of carboxylic acid groups (broad SMARTS) is 1. The van der Waals surface area contributed by atoms with Gasteiger partial charge < -0.3 is 15.3 Å². The molecule has 0 radical (unpaired) electrons. The number of nitrogens with zero attached hydrogens (tertiary/aromatic N) is 1. The van der Waals surface area contributed by atoms with Crippen LogP contribution in [0.15, 0.2) is 0 Å². The van der Waals surface area contributed by atoms with Crippen LogP contribution in [0.4, 0.5) is 0 Å². The Morgan fingerprint density at radius 1 is 1.39 bits per heavy atom. The van der Waals surface area contributed by atoms with Crippen LogP contribution in [0.5, 0.6) is 0 Å². The highest BCUT2D eigenvalue weighted by molar-refractivity contribution is 5.73. The minimum Gasteiger partial charge on any atom is -0.480 e. The Balaban J connectivity index is 2.36. The third-order valence-electron chi connectivity index (χ3n) is 3.98. The van der Waals surface area contributed by atoms with Crippen LogP contribution < -0.4 is 5.32 Å². The summed E-state index contributed by atoms with van der Waals surface area (Å²) >= 11 is 0. The van der Waals surface area contributed by atoms with Gasteiger partial charge in [-0.2, -0.15) is 0 Å². The molecule has 0 spiro atoms. The topological polar surface area (TPSA) is 52.6 Å². The number of aliphatic carboxylic acids is 1. The van der Waals surface area contributed by atoms with Crippen LogP contribution in [0, 0.1) is 11.8 Å². The molecule has 0 amide bonds. The van der Waals surface area contributed by atoms with E-state index in [-0.39, 0.29) is 6.04 Å². The molecule has 1 rings (SSSR count). The maximum atomic E-state index is 11.1. The van der Waals surface area contributed by atoms with Gasteiger partial charge in [0.25, 0.3) is 0 Å². The molecule has 0 aromatic rings. The molecule has 0 bridgehead atoms. The third-order valence-corrected chi connectivity index (χ3v) is 3.98. The number of nitrogens with one attached hydrogen (secondary N) is 1. The number of rotatable bonds is 6. The quantitative estimate of drug-likeness (QED) is 0.761. The lowest BCUT2D eigenvalue weighted by molar-refractivity contribution is -0.140. The van der Waals surface area contributed by atoms with Crippen LogP contribution in [0.3, 0.4) is 0 Å². The third kappa shape index (κ3) is 4.94. The summed E-state index contributed by atoms with van der Waals surface area (Å²) in [6, 6.07) is -0.203. The smallest absolute Gasteiger partial charge is 0.320 e. The van der Waals surface area contributed by atoms with Crippen molar-refractivity contribution < 1.29 is 9.90 Å². The van der Waals surface area contributed by atoms with Gasteiger partial charge >= 0.3 is 5.97 Å². The zero-order valence-corrected chi connectivity index (χ0v) is 12.1. The Kier molecular flexibility index (Phi) is 6.09. The van der Waals surface area contributed by atoms with E-state index in [2.05, 4.69) is 24.1 Å². The number of likely N-dealkylation sites (tertiary alicyclic amines) is 1. The molecule has 1 aliphatic rings. The van der Waals surface area contributed by atoms with Crippen molar-refractivity contribution in [3.05, 3.63) is 0 Å². The molecule has 1 heterocycles. The lowest BCUT2D eigenvalue weighted by Gasteiger charge is -2.35. The largest absolute Gasteiger partial charge is 0.480 e. The molecule has 1 aliphatic heterocycles. The lowest BCUT2D eigenvalue weighted by Crippen LogP contribution is -2.45. The minimum absolute atomic E-state index is 0.214. The summed E-state index contributed by atoms with van der Waals surface area (Å²) in [7, 11) is 0. The molecule has 1 fully saturated rings. The number of piperidine rings is 1. The Hall–Kier alpha value is -0.610. The second-order valence-corrected chi connectivity index (χ2v) is 6.04. The molecule has 0 aromatic heterocycles. The first-order valence-electron chi connectivity index (χ1n) is 7.11. The van der Waals surface area contributed by atoms with Gasteiger partial charge in [0.2, 0.25) is 0 Å². The van der Waals surface area contributed by atoms with E-state index in [9.17, 15) is 4.79 Å². The summed E-state index contributed by atoms with van der Waals surface area (Å²) < 4.78 is 0. The Morgan fingerprint density at radius 2 is 2.06 bits per heavy atom. The van der Waals surface area contributed by atoms with Crippen LogP contribution in [-0.4, -0.2) is 47.7 Å². The average Bonchev–Trinajstić information content (AvgIpc) is 2.28. The molecule has 18 heavy (non-hydrogen) atoms. The van der Waals surface area contributed by atoms with Crippen molar-refractivity contribution in [1.29, 1.82) is 0 Å². The predicted octanol–water partition coefficient (Wildman–Crippen LogP) is 1.81. The second-order valence-electron chi connectivity index (χ2n) is 6.04. The molecule has 0 saturated carbocycles. The summed E-state index contributed by atoms with van der Waals surface area (Å²) in [6.07, 6.45) is 1.92. The lowest BCUT2D eigenvalue weighted by atomic mass is 9.88. The van der Waals surface area contributed by atoms with Gasteiger partial charge in [-0.3, -0.25) is 4.79 Å². The van der Waals surface area contributed by atoms with E-state index in [1.54, 1.807) is 0 Å². The fraction of sp³-hybridized carbons (Fsp3) is 0.929. The van der Waals surface area contributed by atoms with Gasteiger partial charge in [0, 0.05) is 19.1 Å². The normalized spacial score (nSPS) is 27.4. The van der Waals surface area contributed by atoms with Gasteiger partial charge in [-0.05, 0) is 31.2 Å². The highest BCUT2D eigenvalue weighted by Crippen LogP contribution is 2.22. The van der Waals surface area contributed by atoms with Gasteiger partial charge in [0.1, 0.15) is 6.04 Å². The number of carboxylic acids is 1. The molecule has 2 N–H and O–H groups in total. The minimum atomic E-state index is -0.734. The van der Waals surface area contributed by atoms with Gasteiger partial charge in [-0.25, -0.2) is 0 Å². The van der Waals surface area contributed by atoms with E-state index in [4.69, 9.17) is 5.11 Å². The van der Waals surface area contributed by atoms with Crippen molar-refractivity contribution in [3.63, 3.8) is 0 Å². The van der Waals surface area contributed by atoms with Crippen LogP contribution in [0.25, 0.3) is 0 Å². The Labute approximate surface area is 111 Å². The monoisotopic (exact) mass is 256 g/mol. The number of hydrogen-bond donors (Lipinski definition) is 2. The maximum Gasteiger partial charge on any atom is 0.320 e. The van der Waals surface area contributed by atoms with Crippen molar-refractivity contribution in [3.8, 4) is 0 Å². The first-order chi connectivity index (χ1) is 8.40. The zero-order valence-electron chi connectivity index (χ0n) is 12.1.